The number of carbonyl (C=O) groups is 2. The van der Waals surface area contributed by atoms with E-state index in [1.54, 1.807) is 38.1 Å². The molecule has 2 unspecified atom stereocenters. The van der Waals surface area contributed by atoms with E-state index in [9.17, 15) is 23.1 Å². The second-order valence-corrected chi connectivity index (χ2v) is 13.0. The molecule has 0 bridgehead atoms. The molecule has 0 saturated carbocycles. The van der Waals surface area contributed by atoms with E-state index >= 15 is 0 Å². The zero-order valence-corrected chi connectivity index (χ0v) is 25.1. The number of nitrogens with zero attached hydrogens (tertiary/aromatic N) is 2. The molecule has 2 aromatic rings. The molecule has 2 aliphatic heterocycles. The van der Waals surface area contributed by atoms with Gasteiger partial charge >= 0.3 is 5.97 Å². The number of amides is 1. The number of hydrogen-bond donors (Lipinski definition) is 2. The number of carbonyl (C=O) groups excluding carboxylic acids is 1. The van der Waals surface area contributed by atoms with E-state index in [1.807, 2.05) is 42.5 Å². The zero-order valence-electron chi connectivity index (χ0n) is 24.3. The maximum atomic E-state index is 13.8. The topological polar surface area (TPSA) is 125 Å². The Balaban J connectivity index is 1.28. The van der Waals surface area contributed by atoms with Crippen molar-refractivity contribution >= 4 is 27.6 Å². The first-order valence-corrected chi connectivity index (χ1v) is 15.9. The third-order valence-corrected chi connectivity index (χ3v) is 9.72. The van der Waals surface area contributed by atoms with Gasteiger partial charge in [-0.2, -0.15) is 4.31 Å². The minimum atomic E-state index is -4.10. The summed E-state index contributed by atoms with van der Waals surface area (Å²) in [4.78, 5) is 27.0. The highest BCUT2D eigenvalue weighted by molar-refractivity contribution is 7.89. The fraction of sp³-hybridized carbons (Fsp3) is 0.375. The van der Waals surface area contributed by atoms with Gasteiger partial charge in [0.15, 0.2) is 5.76 Å². The number of benzene rings is 2. The summed E-state index contributed by atoms with van der Waals surface area (Å²) in [7, 11) is -4.10. The molecule has 2 aromatic carbocycles. The Hall–Kier alpha value is -3.77. The summed E-state index contributed by atoms with van der Waals surface area (Å²) in [5.74, 6) is -1.58. The highest BCUT2D eigenvalue weighted by Gasteiger charge is 2.38. The lowest BCUT2D eigenvalue weighted by atomic mass is 9.99. The first kappa shape index (κ1) is 30.7. The van der Waals surface area contributed by atoms with Crippen LogP contribution in [0.2, 0.25) is 0 Å². The molecule has 5 rings (SSSR count). The van der Waals surface area contributed by atoms with Crippen molar-refractivity contribution in [2.24, 2.45) is 11.8 Å². The van der Waals surface area contributed by atoms with Crippen LogP contribution < -0.4 is 5.32 Å². The zero-order chi connectivity index (χ0) is 30.6. The summed E-state index contributed by atoms with van der Waals surface area (Å²) in [6.07, 6.45) is 9.41. The molecule has 10 nitrogen and oxygen atoms in total. The van der Waals surface area contributed by atoms with E-state index in [1.165, 1.54) is 12.1 Å². The minimum Gasteiger partial charge on any atom is -0.480 e. The highest BCUT2D eigenvalue weighted by atomic mass is 32.2. The van der Waals surface area contributed by atoms with Gasteiger partial charge in [0.2, 0.25) is 10.0 Å². The fourth-order valence-electron chi connectivity index (χ4n) is 5.47. The van der Waals surface area contributed by atoms with Gasteiger partial charge in [-0.05, 0) is 53.5 Å². The highest BCUT2D eigenvalue weighted by Crippen LogP contribution is 2.30. The molecule has 3 atom stereocenters. The number of allylic oxidation sites excluding steroid dienone is 2. The number of ether oxygens (including phenoxy) is 2. The lowest BCUT2D eigenvalue weighted by molar-refractivity contribution is -0.143. The molecule has 2 heterocycles. The predicted octanol–water partition coefficient (Wildman–Crippen LogP) is 3.75. The molecular formula is C32H37N3O7S. The van der Waals surface area contributed by atoms with Crippen molar-refractivity contribution in [2.75, 3.05) is 44.7 Å². The van der Waals surface area contributed by atoms with Crippen LogP contribution in [0.3, 0.4) is 0 Å². The van der Waals surface area contributed by atoms with Gasteiger partial charge in [-0.25, -0.2) is 8.42 Å². The minimum absolute atomic E-state index is 0.0316. The monoisotopic (exact) mass is 607 g/mol. The Kier molecular flexibility index (Phi) is 9.46. The van der Waals surface area contributed by atoms with E-state index in [4.69, 9.17) is 9.47 Å². The van der Waals surface area contributed by atoms with Crippen molar-refractivity contribution in [2.45, 2.75) is 30.9 Å². The fourth-order valence-corrected chi connectivity index (χ4v) is 7.18. The van der Waals surface area contributed by atoms with Gasteiger partial charge in [0.05, 0.1) is 18.1 Å². The Morgan fingerprint density at radius 2 is 1.63 bits per heavy atom. The second kappa shape index (κ2) is 13.3. The molecule has 0 spiro atoms. The van der Waals surface area contributed by atoms with Crippen LogP contribution in [0.25, 0.3) is 11.1 Å². The van der Waals surface area contributed by atoms with Crippen molar-refractivity contribution in [3.05, 3.63) is 84.7 Å². The van der Waals surface area contributed by atoms with Gasteiger partial charge < -0.3 is 19.9 Å². The summed E-state index contributed by atoms with van der Waals surface area (Å²) in [5.41, 5.74) is 2.21. The van der Waals surface area contributed by atoms with Gasteiger partial charge in [-0.15, -0.1) is 0 Å². The summed E-state index contributed by atoms with van der Waals surface area (Å²) in [6, 6.07) is 12.4. The SMILES string of the molecule is CC(C)[C@@H](C(=O)O)N(CCN1CCOCC1)S(=O)(=O)c1ccc(-c2ccc(NC(=O)C3=CC4C=CC=CC4O3)cc2)cc1. The molecule has 1 aliphatic carbocycles. The predicted molar refractivity (Wildman–Crippen MR) is 163 cm³/mol. The number of sulfonamides is 1. The van der Waals surface area contributed by atoms with Crippen LogP contribution in [0.4, 0.5) is 5.69 Å². The van der Waals surface area contributed by atoms with Crippen LogP contribution in [-0.4, -0.2) is 86.1 Å². The van der Waals surface area contributed by atoms with E-state index in [0.717, 1.165) is 15.4 Å². The first-order valence-electron chi connectivity index (χ1n) is 14.4. The van der Waals surface area contributed by atoms with Crippen LogP contribution in [0.1, 0.15) is 13.8 Å². The molecular weight excluding hydrogens is 570 g/mol. The molecule has 11 heteroatoms. The Labute approximate surface area is 252 Å². The van der Waals surface area contributed by atoms with E-state index in [0.29, 0.717) is 38.5 Å². The number of hydrogen-bond acceptors (Lipinski definition) is 7. The molecule has 1 saturated heterocycles. The molecule has 3 aliphatic rings. The van der Waals surface area contributed by atoms with Crippen molar-refractivity contribution in [1.29, 1.82) is 0 Å². The standard InChI is InChI=1S/C32H37N3O7S/c1-22(2)30(32(37)38)35(16-15-34-17-19-41-20-18-34)43(39,40)27-13-9-24(10-14-27)23-7-11-26(12-8-23)33-31(36)29-21-25-5-3-4-6-28(25)42-29/h3-14,21-22,25,28,30H,15-20H2,1-2H3,(H,33,36)(H,37,38)/t25?,28?,30-/m0/s1. The summed E-state index contributed by atoms with van der Waals surface area (Å²) < 4.78 is 39.8. The van der Waals surface area contributed by atoms with Gasteiger partial charge in [0, 0.05) is 37.8 Å². The molecule has 1 fully saturated rings. The third-order valence-electron chi connectivity index (χ3n) is 7.83. The van der Waals surface area contributed by atoms with Crippen LogP contribution in [0, 0.1) is 11.8 Å². The maximum absolute atomic E-state index is 13.8. The van der Waals surface area contributed by atoms with E-state index in [-0.39, 0.29) is 35.1 Å². The number of aliphatic carboxylic acids is 1. The second-order valence-electron chi connectivity index (χ2n) is 11.1. The van der Waals surface area contributed by atoms with Crippen molar-refractivity contribution in [1.82, 2.24) is 9.21 Å². The maximum Gasteiger partial charge on any atom is 0.322 e. The number of fused-ring (bicyclic) bond motifs is 1. The number of anilines is 1. The van der Waals surface area contributed by atoms with Gasteiger partial charge in [0.1, 0.15) is 12.1 Å². The molecule has 1 amide bonds. The lowest BCUT2D eigenvalue weighted by Crippen LogP contribution is -2.51. The Bertz CT molecular complexity index is 1510. The van der Waals surface area contributed by atoms with Gasteiger partial charge in [-0.3, -0.25) is 14.5 Å². The average molecular weight is 608 g/mol. The van der Waals surface area contributed by atoms with Crippen LogP contribution in [0.5, 0.6) is 0 Å². The molecule has 228 valence electrons. The largest absolute Gasteiger partial charge is 0.480 e. The van der Waals surface area contributed by atoms with Gasteiger partial charge in [-0.1, -0.05) is 56.3 Å². The number of nitrogens with one attached hydrogen (secondary N) is 1. The molecule has 43 heavy (non-hydrogen) atoms. The van der Waals surface area contributed by atoms with Crippen LogP contribution in [0.15, 0.2) is 89.6 Å². The smallest absolute Gasteiger partial charge is 0.322 e. The normalized spacial score (nSPS) is 20.9. The molecule has 0 radical (unpaired) electrons. The van der Waals surface area contributed by atoms with Crippen molar-refractivity contribution < 1.29 is 32.6 Å². The van der Waals surface area contributed by atoms with Gasteiger partial charge in [0.25, 0.3) is 5.91 Å². The van der Waals surface area contributed by atoms with Crippen molar-refractivity contribution in [3.8, 4) is 11.1 Å². The van der Waals surface area contributed by atoms with Crippen LogP contribution >= 0.6 is 0 Å². The number of morpholine rings is 1. The summed E-state index contributed by atoms with van der Waals surface area (Å²) in [6.45, 7) is 6.38. The van der Waals surface area contributed by atoms with E-state index in [2.05, 4.69) is 10.2 Å². The Morgan fingerprint density at radius 3 is 2.23 bits per heavy atom. The van der Waals surface area contributed by atoms with Crippen molar-refractivity contribution in [3.63, 3.8) is 0 Å². The van der Waals surface area contributed by atoms with E-state index < -0.39 is 28.0 Å². The average Bonchev–Trinajstić information content (AvgIpc) is 3.44. The quantitative estimate of drug-likeness (QED) is 0.396. The number of rotatable bonds is 11. The molecule has 2 N–H and O–H groups in total. The number of carboxylic acids is 1. The summed E-state index contributed by atoms with van der Waals surface area (Å²) in [5, 5.41) is 12.8. The lowest BCUT2D eigenvalue weighted by Gasteiger charge is -2.33. The molecule has 0 aromatic heterocycles. The first-order chi connectivity index (χ1) is 20.6. The summed E-state index contributed by atoms with van der Waals surface area (Å²) >= 11 is 0. The van der Waals surface area contributed by atoms with Crippen LogP contribution in [-0.2, 0) is 29.1 Å². The third kappa shape index (κ3) is 7.07. The Morgan fingerprint density at radius 1 is 1.00 bits per heavy atom. The number of carboxylic acid groups (broad SMARTS) is 1.